The van der Waals surface area contributed by atoms with Crippen molar-refractivity contribution in [3.8, 4) is 28.3 Å². The third-order valence-corrected chi connectivity index (χ3v) is 6.09. The molecule has 150 valence electrons. The summed E-state index contributed by atoms with van der Waals surface area (Å²) in [7, 11) is 0. The van der Waals surface area contributed by atoms with Crippen molar-refractivity contribution in [2.75, 3.05) is 11.4 Å². The summed E-state index contributed by atoms with van der Waals surface area (Å²) in [6, 6.07) is 21.1. The first-order valence-electron chi connectivity index (χ1n) is 10.4. The topological polar surface area (TPSA) is 51.4 Å². The standard InChI is InChI=1S/C26H25N3O/c1-2-15-29-16-17-30-25-23(29)18-22(19-7-4-3-5-8-19)24(28-25)20-9-11-21(12-10-20)26(27)13-6-14-26/h2-5,7-12,16-18H,1,6,13-15,27H2. The van der Waals surface area contributed by atoms with Crippen molar-refractivity contribution >= 4 is 5.69 Å². The lowest BCUT2D eigenvalue weighted by atomic mass is 9.72. The highest BCUT2D eigenvalue weighted by atomic mass is 16.5. The summed E-state index contributed by atoms with van der Waals surface area (Å²) in [5, 5.41) is 0. The van der Waals surface area contributed by atoms with Crippen molar-refractivity contribution in [3.63, 3.8) is 0 Å². The van der Waals surface area contributed by atoms with Gasteiger partial charge in [-0.3, -0.25) is 0 Å². The summed E-state index contributed by atoms with van der Waals surface area (Å²) in [5.41, 5.74) is 12.6. The second kappa shape index (κ2) is 7.47. The van der Waals surface area contributed by atoms with Crippen LogP contribution in [0.25, 0.3) is 22.4 Å². The number of pyridine rings is 1. The van der Waals surface area contributed by atoms with E-state index in [0.717, 1.165) is 40.9 Å². The van der Waals surface area contributed by atoms with Crippen LogP contribution in [0.5, 0.6) is 5.88 Å². The van der Waals surface area contributed by atoms with Crippen LogP contribution < -0.4 is 15.4 Å². The molecule has 5 rings (SSSR count). The third-order valence-electron chi connectivity index (χ3n) is 6.09. The summed E-state index contributed by atoms with van der Waals surface area (Å²) >= 11 is 0. The summed E-state index contributed by atoms with van der Waals surface area (Å²) in [4.78, 5) is 7.03. The summed E-state index contributed by atoms with van der Waals surface area (Å²) in [6.45, 7) is 4.56. The number of nitrogens with zero attached hydrogens (tertiary/aromatic N) is 2. The fraction of sp³-hybridized carbons (Fsp3) is 0.192. The van der Waals surface area contributed by atoms with Gasteiger partial charge in [-0.15, -0.1) is 6.58 Å². The average molecular weight is 396 g/mol. The van der Waals surface area contributed by atoms with Crippen LogP contribution in [0.1, 0.15) is 24.8 Å². The number of hydrogen-bond donors (Lipinski definition) is 1. The van der Waals surface area contributed by atoms with E-state index in [1.807, 2.05) is 30.5 Å². The third kappa shape index (κ3) is 3.19. The van der Waals surface area contributed by atoms with Gasteiger partial charge in [-0.05, 0) is 36.5 Å². The number of rotatable bonds is 5. The molecule has 1 aromatic heterocycles. The lowest BCUT2D eigenvalue weighted by molar-refractivity contribution is 0.253. The molecule has 0 saturated heterocycles. The maximum absolute atomic E-state index is 6.51. The molecule has 3 aromatic rings. The zero-order valence-electron chi connectivity index (χ0n) is 16.9. The van der Waals surface area contributed by atoms with Gasteiger partial charge < -0.3 is 15.4 Å². The molecule has 30 heavy (non-hydrogen) atoms. The largest absolute Gasteiger partial charge is 0.443 e. The zero-order valence-corrected chi connectivity index (χ0v) is 16.9. The van der Waals surface area contributed by atoms with Crippen molar-refractivity contribution in [2.24, 2.45) is 5.73 Å². The highest BCUT2D eigenvalue weighted by Gasteiger charge is 2.34. The molecule has 0 spiro atoms. The van der Waals surface area contributed by atoms with Gasteiger partial charge in [0.1, 0.15) is 11.9 Å². The fourth-order valence-corrected chi connectivity index (χ4v) is 4.19. The van der Waals surface area contributed by atoms with Crippen LogP contribution in [0.2, 0.25) is 0 Å². The number of ether oxygens (including phenoxy) is 1. The highest BCUT2D eigenvalue weighted by Crippen LogP contribution is 2.42. The van der Waals surface area contributed by atoms with Crippen molar-refractivity contribution in [3.05, 3.63) is 91.3 Å². The zero-order chi connectivity index (χ0) is 20.6. The van der Waals surface area contributed by atoms with Crippen molar-refractivity contribution < 1.29 is 4.74 Å². The Hall–Kier alpha value is -3.37. The Morgan fingerprint density at radius 1 is 1.07 bits per heavy atom. The Bertz CT molecular complexity index is 1100. The van der Waals surface area contributed by atoms with Gasteiger partial charge in [0, 0.05) is 29.4 Å². The Labute approximate surface area is 177 Å². The van der Waals surface area contributed by atoms with Crippen LogP contribution in [0.4, 0.5) is 5.69 Å². The molecule has 0 unspecified atom stereocenters. The normalized spacial score (nSPS) is 16.4. The number of nitrogens with two attached hydrogens (primary N) is 1. The first-order chi connectivity index (χ1) is 14.7. The molecule has 4 heteroatoms. The molecule has 0 atom stereocenters. The molecular formula is C26H25N3O. The van der Waals surface area contributed by atoms with Gasteiger partial charge >= 0.3 is 0 Å². The summed E-state index contributed by atoms with van der Waals surface area (Å²) < 4.78 is 5.77. The Balaban J connectivity index is 1.63. The van der Waals surface area contributed by atoms with Crippen molar-refractivity contribution in [1.29, 1.82) is 0 Å². The molecule has 4 nitrogen and oxygen atoms in total. The second-order valence-electron chi connectivity index (χ2n) is 8.01. The maximum Gasteiger partial charge on any atom is 0.243 e. The number of hydrogen-bond acceptors (Lipinski definition) is 4. The molecule has 2 N–H and O–H groups in total. The maximum atomic E-state index is 6.51. The van der Waals surface area contributed by atoms with Gasteiger partial charge in [0.2, 0.25) is 5.88 Å². The average Bonchev–Trinajstić information content (AvgIpc) is 2.78. The number of aromatic nitrogens is 1. The molecule has 0 amide bonds. The lowest BCUT2D eigenvalue weighted by Gasteiger charge is -2.38. The molecule has 0 bridgehead atoms. The van der Waals surface area contributed by atoms with Gasteiger partial charge in [0.05, 0.1) is 5.69 Å². The molecule has 1 aliphatic heterocycles. The van der Waals surface area contributed by atoms with E-state index in [2.05, 4.69) is 53.9 Å². The van der Waals surface area contributed by atoms with Crippen LogP contribution in [-0.4, -0.2) is 11.5 Å². The SMILES string of the molecule is C=CCN1C=COc2nc(-c3ccc(C4(N)CCC4)cc3)c(-c3ccccc3)cc21. The summed E-state index contributed by atoms with van der Waals surface area (Å²) in [5.74, 6) is 0.604. The smallest absolute Gasteiger partial charge is 0.243 e. The van der Waals surface area contributed by atoms with E-state index < -0.39 is 0 Å². The van der Waals surface area contributed by atoms with E-state index in [1.165, 1.54) is 12.0 Å². The predicted molar refractivity (Wildman–Crippen MR) is 122 cm³/mol. The van der Waals surface area contributed by atoms with Crippen LogP contribution in [-0.2, 0) is 5.54 Å². The minimum absolute atomic E-state index is 0.164. The van der Waals surface area contributed by atoms with Crippen LogP contribution in [0.3, 0.4) is 0 Å². The first-order valence-corrected chi connectivity index (χ1v) is 10.4. The number of benzene rings is 2. The Morgan fingerprint density at radius 3 is 2.50 bits per heavy atom. The van der Waals surface area contributed by atoms with Crippen LogP contribution >= 0.6 is 0 Å². The predicted octanol–water partition coefficient (Wildman–Crippen LogP) is 5.61. The molecule has 1 fully saturated rings. The Morgan fingerprint density at radius 2 is 1.83 bits per heavy atom. The van der Waals surface area contributed by atoms with Gasteiger partial charge in [0.15, 0.2) is 0 Å². The minimum Gasteiger partial charge on any atom is -0.443 e. The second-order valence-corrected chi connectivity index (χ2v) is 8.01. The molecular weight excluding hydrogens is 370 g/mol. The van der Waals surface area contributed by atoms with Gasteiger partial charge in [-0.25, -0.2) is 4.98 Å². The molecule has 2 heterocycles. The monoisotopic (exact) mass is 395 g/mol. The number of anilines is 1. The fourth-order valence-electron chi connectivity index (χ4n) is 4.19. The van der Waals surface area contributed by atoms with Gasteiger partial charge in [0.25, 0.3) is 0 Å². The minimum atomic E-state index is -0.164. The van der Waals surface area contributed by atoms with E-state index >= 15 is 0 Å². The number of fused-ring (bicyclic) bond motifs is 1. The van der Waals surface area contributed by atoms with E-state index in [0.29, 0.717) is 12.4 Å². The van der Waals surface area contributed by atoms with Gasteiger partial charge in [-0.2, -0.15) is 0 Å². The van der Waals surface area contributed by atoms with E-state index in [-0.39, 0.29) is 5.54 Å². The quantitative estimate of drug-likeness (QED) is 0.571. The van der Waals surface area contributed by atoms with Gasteiger partial charge in [-0.1, -0.05) is 60.7 Å². The molecule has 2 aliphatic rings. The molecule has 0 radical (unpaired) electrons. The van der Waals surface area contributed by atoms with Crippen molar-refractivity contribution in [1.82, 2.24) is 4.98 Å². The first kappa shape index (κ1) is 18.6. The summed E-state index contributed by atoms with van der Waals surface area (Å²) in [6.07, 6.45) is 8.76. The van der Waals surface area contributed by atoms with Crippen LogP contribution in [0.15, 0.2) is 85.8 Å². The lowest BCUT2D eigenvalue weighted by Crippen LogP contribution is -2.43. The Kier molecular flexibility index (Phi) is 4.64. The molecule has 1 aliphatic carbocycles. The van der Waals surface area contributed by atoms with Crippen molar-refractivity contribution in [2.45, 2.75) is 24.8 Å². The van der Waals surface area contributed by atoms with E-state index in [1.54, 1.807) is 6.26 Å². The molecule has 2 aromatic carbocycles. The van der Waals surface area contributed by atoms with E-state index in [9.17, 15) is 0 Å². The molecule has 1 saturated carbocycles. The van der Waals surface area contributed by atoms with E-state index in [4.69, 9.17) is 15.5 Å². The van der Waals surface area contributed by atoms with Crippen LogP contribution in [0, 0.1) is 0 Å². The highest BCUT2D eigenvalue weighted by molar-refractivity contribution is 5.85.